The van der Waals surface area contributed by atoms with Gasteiger partial charge in [-0.25, -0.2) is 4.58 Å². The number of benzene rings is 2. The molecule has 0 saturated heterocycles. The van der Waals surface area contributed by atoms with Crippen LogP contribution in [0.3, 0.4) is 0 Å². The highest BCUT2D eigenvalue weighted by Gasteiger charge is 2.27. The zero-order valence-corrected chi connectivity index (χ0v) is 12.3. The first kappa shape index (κ1) is 13.7. The fourth-order valence-corrected chi connectivity index (χ4v) is 4.64. The van der Waals surface area contributed by atoms with Gasteiger partial charge in [-0.3, -0.25) is 3.87 Å². The lowest BCUT2D eigenvalue weighted by Crippen LogP contribution is -2.18. The quantitative estimate of drug-likeness (QED) is 0.519. The van der Waals surface area contributed by atoms with Gasteiger partial charge in [-0.15, -0.1) is 4.33 Å². The van der Waals surface area contributed by atoms with Gasteiger partial charge in [0.2, 0.25) is 0 Å². The summed E-state index contributed by atoms with van der Waals surface area (Å²) in [5.74, 6) is 0. The number of hydrogen-bond donors (Lipinski definition) is 0. The molecule has 0 unspecified atom stereocenters. The Labute approximate surface area is 117 Å². The van der Waals surface area contributed by atoms with Gasteiger partial charge in [0.05, 0.1) is 0 Å². The van der Waals surface area contributed by atoms with E-state index in [0.29, 0.717) is 0 Å². The van der Waals surface area contributed by atoms with Crippen molar-refractivity contribution in [3.05, 3.63) is 36.4 Å². The van der Waals surface area contributed by atoms with Crippen LogP contribution in [-0.4, -0.2) is 26.8 Å². The molecule has 2 aromatic rings. The molecule has 0 saturated carbocycles. The first-order chi connectivity index (χ1) is 9.42. The van der Waals surface area contributed by atoms with Crippen LogP contribution in [0.4, 0.5) is 0 Å². The van der Waals surface area contributed by atoms with E-state index in [2.05, 4.69) is 12.8 Å². The Balaban J connectivity index is 2.49. The Morgan fingerprint density at radius 3 is 1.95 bits per heavy atom. The van der Waals surface area contributed by atoms with Gasteiger partial charge in [0.25, 0.3) is 10.1 Å². The van der Waals surface area contributed by atoms with Gasteiger partial charge >= 0.3 is 20.1 Å². The van der Waals surface area contributed by atoms with Crippen LogP contribution in [0.5, 0.6) is 0 Å². The van der Waals surface area contributed by atoms with Crippen LogP contribution in [0.15, 0.2) is 46.2 Å². The largest absolute Gasteiger partial charge is 0.491 e. The van der Waals surface area contributed by atoms with Crippen LogP contribution in [0.25, 0.3) is 10.8 Å². The van der Waals surface area contributed by atoms with E-state index in [1.54, 1.807) is 0 Å². The van der Waals surface area contributed by atoms with Crippen molar-refractivity contribution >= 4 is 41.0 Å². The molecule has 1 heterocycles. The van der Waals surface area contributed by atoms with Crippen LogP contribution in [0.2, 0.25) is 0 Å². The average molecular weight is 330 g/mol. The first-order valence-electron chi connectivity index (χ1n) is 5.22. The van der Waals surface area contributed by atoms with Crippen molar-refractivity contribution in [3.8, 4) is 0 Å². The molecule has 2 radical (unpaired) electrons. The molecule has 0 amide bonds. The van der Waals surface area contributed by atoms with Crippen molar-refractivity contribution in [1.82, 2.24) is 0 Å². The summed E-state index contributed by atoms with van der Waals surface area (Å²) < 4.78 is 61.1. The fraction of sp³-hybridized carbons (Fsp3) is 0. The molecule has 10 heteroatoms. The molecule has 0 aromatic heterocycles. The summed E-state index contributed by atoms with van der Waals surface area (Å²) in [6.07, 6.45) is 0. The molecule has 20 heavy (non-hydrogen) atoms. The van der Waals surface area contributed by atoms with Crippen molar-refractivity contribution in [2.45, 2.75) is 9.79 Å². The Hall–Kier alpha value is -1.30. The molecule has 1 aliphatic heterocycles. The number of rotatable bonds is 0. The molecule has 0 atom stereocenters. The highest BCUT2D eigenvalue weighted by atomic mass is 32.2. The smallest absolute Gasteiger partial charge is 0.273 e. The van der Waals surface area contributed by atoms with E-state index in [9.17, 15) is 16.8 Å². The average Bonchev–Trinajstić information content (AvgIpc) is 2.41. The maximum atomic E-state index is 12.0. The van der Waals surface area contributed by atoms with Gasteiger partial charge in [-0.1, -0.05) is 24.3 Å². The molecular weight excluding hydrogens is 324 g/mol. The van der Waals surface area contributed by atoms with E-state index in [4.69, 9.17) is 0 Å². The molecule has 0 aliphatic carbocycles. The third-order valence-corrected chi connectivity index (χ3v) is 6.14. The molecular formula is C10H6O7S2Si. The van der Waals surface area contributed by atoms with Crippen LogP contribution < -0.4 is 0 Å². The van der Waals surface area contributed by atoms with Gasteiger partial charge < -0.3 is 0 Å². The van der Waals surface area contributed by atoms with Crippen LogP contribution in [-0.2, 0) is 33.0 Å². The third-order valence-electron chi connectivity index (χ3n) is 2.68. The molecule has 7 nitrogen and oxygen atoms in total. The summed E-state index contributed by atoms with van der Waals surface area (Å²) in [5, 5.41) is 0.454. The Morgan fingerprint density at radius 1 is 0.800 bits per heavy atom. The maximum absolute atomic E-state index is 12.0. The monoisotopic (exact) mass is 330 g/mol. The Kier molecular flexibility index (Phi) is 3.15. The molecule has 4 bridgehead atoms. The lowest BCUT2D eigenvalue weighted by Gasteiger charge is -2.13. The second-order valence-electron chi connectivity index (χ2n) is 3.83. The van der Waals surface area contributed by atoms with Crippen molar-refractivity contribution in [3.63, 3.8) is 0 Å². The first-order valence-corrected chi connectivity index (χ1v) is 8.85. The SMILES string of the molecule is O=S1(=O)OO[Si]OS(=O)(=O)c2cccc3c1cccc23. The van der Waals surface area contributed by atoms with Crippen molar-refractivity contribution < 1.29 is 29.6 Å². The van der Waals surface area contributed by atoms with E-state index < -0.39 is 30.2 Å². The Morgan fingerprint density at radius 2 is 1.35 bits per heavy atom. The number of hydrogen-bond acceptors (Lipinski definition) is 7. The lowest BCUT2D eigenvalue weighted by molar-refractivity contribution is -0.102. The fourth-order valence-electron chi connectivity index (χ4n) is 1.89. The molecule has 0 fully saturated rings. The maximum Gasteiger partial charge on any atom is 0.491 e. The van der Waals surface area contributed by atoms with E-state index in [0.717, 1.165) is 0 Å². The van der Waals surface area contributed by atoms with E-state index in [-0.39, 0.29) is 20.6 Å². The molecule has 3 rings (SSSR count). The third kappa shape index (κ3) is 2.15. The van der Waals surface area contributed by atoms with Crippen molar-refractivity contribution in [2.24, 2.45) is 0 Å². The highest BCUT2D eigenvalue weighted by molar-refractivity contribution is 7.88. The van der Waals surface area contributed by atoms with Gasteiger partial charge in [0.15, 0.2) is 0 Å². The van der Waals surface area contributed by atoms with Gasteiger partial charge in [-0.05, 0) is 12.1 Å². The minimum absolute atomic E-state index is 0.120. The van der Waals surface area contributed by atoms with Crippen LogP contribution >= 0.6 is 0 Å². The molecule has 0 spiro atoms. The standard InChI is InChI=1S/C10H6O7S2Si/c11-18(12)9-5-1-4-8-7(9)3-2-6-10(8)19(13,14)17-20-16-15-18/h1-6H. The van der Waals surface area contributed by atoms with E-state index in [1.807, 2.05) is 0 Å². The molecule has 1 aliphatic rings. The van der Waals surface area contributed by atoms with Gasteiger partial charge in [-0.2, -0.15) is 16.8 Å². The summed E-state index contributed by atoms with van der Waals surface area (Å²) in [7, 11) is -9.33. The molecule has 0 N–H and O–H groups in total. The minimum atomic E-state index is -4.16. The predicted octanol–water partition coefficient (Wildman–Crippen LogP) is 0.730. The second-order valence-corrected chi connectivity index (χ2v) is 7.67. The van der Waals surface area contributed by atoms with Gasteiger partial charge in [0, 0.05) is 10.8 Å². The van der Waals surface area contributed by atoms with Gasteiger partial charge in [0.1, 0.15) is 9.79 Å². The molecule has 104 valence electrons. The van der Waals surface area contributed by atoms with Crippen molar-refractivity contribution in [1.29, 1.82) is 0 Å². The van der Waals surface area contributed by atoms with E-state index >= 15 is 0 Å². The Bertz CT molecular complexity index is 814. The summed E-state index contributed by atoms with van der Waals surface area (Å²) in [5.41, 5.74) is 0. The predicted molar refractivity (Wildman–Crippen MR) is 67.3 cm³/mol. The molecule has 2 aromatic carbocycles. The van der Waals surface area contributed by atoms with Crippen LogP contribution in [0, 0.1) is 0 Å². The highest BCUT2D eigenvalue weighted by Crippen LogP contribution is 2.30. The van der Waals surface area contributed by atoms with Crippen LogP contribution in [0.1, 0.15) is 0 Å². The summed E-state index contributed by atoms with van der Waals surface area (Å²) in [4.78, 5) is -0.288. The summed E-state index contributed by atoms with van der Waals surface area (Å²) >= 11 is 0. The lowest BCUT2D eigenvalue weighted by atomic mass is 10.1. The summed E-state index contributed by atoms with van der Waals surface area (Å²) in [6, 6.07) is 8.47. The summed E-state index contributed by atoms with van der Waals surface area (Å²) in [6.45, 7) is 0. The minimum Gasteiger partial charge on any atom is -0.273 e. The second kappa shape index (κ2) is 4.61. The van der Waals surface area contributed by atoms with Crippen molar-refractivity contribution in [2.75, 3.05) is 0 Å². The van der Waals surface area contributed by atoms with E-state index in [1.165, 1.54) is 36.4 Å². The normalized spacial score (nSPS) is 20.8. The zero-order valence-electron chi connectivity index (χ0n) is 9.64. The zero-order chi connectivity index (χ0) is 14.4. The topological polar surface area (TPSA) is 96.0 Å².